The topological polar surface area (TPSA) is 85.7 Å². The maximum atomic E-state index is 12.6. The summed E-state index contributed by atoms with van der Waals surface area (Å²) in [5, 5.41) is 16.1. The first-order valence-electron chi connectivity index (χ1n) is 7.58. The second-order valence-electron chi connectivity index (χ2n) is 5.55. The van der Waals surface area contributed by atoms with Gasteiger partial charge in [-0.05, 0) is 25.5 Å². The van der Waals surface area contributed by atoms with Crippen molar-refractivity contribution < 1.29 is 14.4 Å². The zero-order chi connectivity index (χ0) is 17.2. The highest BCUT2D eigenvalue weighted by molar-refractivity contribution is 7.15. The van der Waals surface area contributed by atoms with Crippen molar-refractivity contribution in [2.24, 2.45) is 5.16 Å². The lowest BCUT2D eigenvalue weighted by Crippen LogP contribution is -2.40. The molecule has 1 N–H and O–H groups in total. The maximum absolute atomic E-state index is 12.6. The third-order valence-electron chi connectivity index (χ3n) is 3.75. The molecule has 0 bridgehead atoms. The number of carbonyl (C=O) groups excluding carboxylic acids is 1. The fraction of sp³-hybridized carbons (Fsp3) is 0.375. The zero-order valence-corrected chi connectivity index (χ0v) is 14.5. The van der Waals surface area contributed by atoms with E-state index < -0.39 is 5.60 Å². The number of nitrogens with one attached hydrogen (secondary N) is 1. The van der Waals surface area contributed by atoms with Gasteiger partial charge in [0.05, 0.1) is 12.8 Å². The second-order valence-corrected chi connectivity index (χ2v) is 6.61. The van der Waals surface area contributed by atoms with Gasteiger partial charge in [0.2, 0.25) is 10.7 Å². The van der Waals surface area contributed by atoms with Gasteiger partial charge in [-0.2, -0.15) is 0 Å². The number of hydrogen-bond donors (Lipinski definition) is 1. The van der Waals surface area contributed by atoms with Crippen LogP contribution in [0.15, 0.2) is 29.4 Å². The molecule has 24 heavy (non-hydrogen) atoms. The number of oxime groups is 1. The van der Waals surface area contributed by atoms with Gasteiger partial charge in [-0.3, -0.25) is 10.1 Å². The molecular formula is C16H18N4O3S. The molecule has 1 amide bonds. The lowest BCUT2D eigenvalue weighted by molar-refractivity contribution is -0.135. The van der Waals surface area contributed by atoms with Crippen LogP contribution in [0.5, 0.6) is 5.75 Å². The van der Waals surface area contributed by atoms with Gasteiger partial charge in [-0.1, -0.05) is 35.5 Å². The lowest BCUT2D eigenvalue weighted by atomic mass is 9.95. The molecule has 126 valence electrons. The maximum Gasteiger partial charge on any atom is 0.273 e. The highest BCUT2D eigenvalue weighted by Crippen LogP contribution is 2.31. The van der Waals surface area contributed by atoms with Crippen molar-refractivity contribution in [3.8, 4) is 5.75 Å². The van der Waals surface area contributed by atoms with Gasteiger partial charge in [0.1, 0.15) is 10.8 Å². The molecule has 1 aromatic carbocycles. The first-order valence-corrected chi connectivity index (χ1v) is 8.39. The van der Waals surface area contributed by atoms with Crippen molar-refractivity contribution in [2.45, 2.75) is 32.3 Å². The zero-order valence-electron chi connectivity index (χ0n) is 13.7. The Balaban J connectivity index is 1.73. The molecule has 0 fully saturated rings. The Hall–Kier alpha value is -2.48. The summed E-state index contributed by atoms with van der Waals surface area (Å²) < 4.78 is 5.34. The van der Waals surface area contributed by atoms with Crippen molar-refractivity contribution in [3.05, 3.63) is 34.8 Å². The minimum absolute atomic E-state index is 0.296. The minimum Gasteiger partial charge on any atom is -0.496 e. The molecule has 1 atom stereocenters. The number of aryl methyl sites for hydroxylation is 1. The molecule has 1 aliphatic rings. The van der Waals surface area contributed by atoms with E-state index in [1.165, 1.54) is 11.3 Å². The van der Waals surface area contributed by atoms with E-state index in [4.69, 9.17) is 9.57 Å². The summed E-state index contributed by atoms with van der Waals surface area (Å²) >= 11 is 1.35. The van der Waals surface area contributed by atoms with E-state index in [-0.39, 0.29) is 5.91 Å². The molecule has 1 aliphatic heterocycles. The Kier molecular flexibility index (Phi) is 4.48. The van der Waals surface area contributed by atoms with Crippen LogP contribution in [0.4, 0.5) is 5.13 Å². The smallest absolute Gasteiger partial charge is 0.273 e. The molecule has 2 heterocycles. The lowest BCUT2D eigenvalue weighted by Gasteiger charge is -2.19. The van der Waals surface area contributed by atoms with Crippen molar-refractivity contribution in [1.29, 1.82) is 0 Å². The number of anilines is 1. The number of rotatable bonds is 5. The van der Waals surface area contributed by atoms with Gasteiger partial charge in [-0.25, -0.2) is 0 Å². The summed E-state index contributed by atoms with van der Waals surface area (Å²) in [5.74, 6) is 0.399. The number of carbonyl (C=O) groups is 1. The fourth-order valence-electron chi connectivity index (χ4n) is 2.37. The number of nitrogens with zero attached hydrogens (tertiary/aromatic N) is 3. The number of methoxy groups -OCH3 is 1. The number of benzene rings is 1. The largest absolute Gasteiger partial charge is 0.496 e. The predicted octanol–water partition coefficient (Wildman–Crippen LogP) is 2.63. The summed E-state index contributed by atoms with van der Waals surface area (Å²) in [6.45, 7) is 3.69. The average Bonchev–Trinajstić information content (AvgIpc) is 3.22. The fourth-order valence-corrected chi connectivity index (χ4v) is 3.04. The SMILES string of the molecule is CCc1nnc(NC(=O)C2(C)CC(c3ccccc3OC)=NO2)s1. The summed E-state index contributed by atoms with van der Waals surface area (Å²) in [4.78, 5) is 18.0. The molecule has 8 heteroatoms. The Bertz CT molecular complexity index is 789. The van der Waals surface area contributed by atoms with Gasteiger partial charge < -0.3 is 9.57 Å². The van der Waals surface area contributed by atoms with Crippen molar-refractivity contribution in [2.75, 3.05) is 12.4 Å². The van der Waals surface area contributed by atoms with Crippen LogP contribution < -0.4 is 10.1 Å². The number of aromatic nitrogens is 2. The number of hydrogen-bond acceptors (Lipinski definition) is 7. The third-order valence-corrected chi connectivity index (χ3v) is 4.73. The number of para-hydroxylation sites is 1. The summed E-state index contributed by atoms with van der Waals surface area (Å²) in [5.41, 5.74) is 0.408. The van der Waals surface area contributed by atoms with Gasteiger partial charge in [-0.15, -0.1) is 10.2 Å². The standard InChI is InChI=1S/C16H18N4O3S/c1-4-13-18-19-15(24-13)17-14(21)16(2)9-11(20-23-16)10-7-5-6-8-12(10)22-3/h5-8H,4,9H2,1-3H3,(H,17,19,21). The quantitative estimate of drug-likeness (QED) is 0.899. The molecule has 0 aliphatic carbocycles. The van der Waals surface area contributed by atoms with Gasteiger partial charge in [0.25, 0.3) is 5.91 Å². The summed E-state index contributed by atoms with van der Waals surface area (Å²) in [6, 6.07) is 7.51. The first-order chi connectivity index (χ1) is 11.6. The normalized spacial score (nSPS) is 19.5. The Morgan fingerprint density at radius 3 is 2.92 bits per heavy atom. The van der Waals surface area contributed by atoms with E-state index in [1.54, 1.807) is 14.0 Å². The highest BCUT2D eigenvalue weighted by atomic mass is 32.1. The second kappa shape index (κ2) is 6.56. The van der Waals surface area contributed by atoms with E-state index in [1.807, 2.05) is 31.2 Å². The predicted molar refractivity (Wildman–Crippen MR) is 91.6 cm³/mol. The number of ether oxygens (including phenoxy) is 1. The molecule has 7 nitrogen and oxygen atoms in total. The van der Waals surface area contributed by atoms with Crippen molar-refractivity contribution in [3.63, 3.8) is 0 Å². The molecule has 2 aromatic rings. The Morgan fingerprint density at radius 1 is 1.42 bits per heavy atom. The Morgan fingerprint density at radius 2 is 2.21 bits per heavy atom. The molecule has 0 saturated carbocycles. The van der Waals surface area contributed by atoms with Gasteiger partial charge >= 0.3 is 0 Å². The molecule has 3 rings (SSSR count). The van der Waals surface area contributed by atoms with Crippen LogP contribution in [0.1, 0.15) is 30.8 Å². The van der Waals surface area contributed by atoms with E-state index in [0.717, 1.165) is 17.0 Å². The van der Waals surface area contributed by atoms with Crippen LogP contribution in [0.2, 0.25) is 0 Å². The monoisotopic (exact) mass is 346 g/mol. The third kappa shape index (κ3) is 3.09. The van der Waals surface area contributed by atoms with Crippen molar-refractivity contribution in [1.82, 2.24) is 10.2 Å². The Labute approximate surface area is 143 Å². The van der Waals surface area contributed by atoms with Crippen LogP contribution >= 0.6 is 11.3 Å². The highest BCUT2D eigenvalue weighted by Gasteiger charge is 2.43. The van der Waals surface area contributed by atoms with Crippen LogP contribution in [-0.4, -0.2) is 34.5 Å². The molecule has 0 saturated heterocycles. The minimum atomic E-state index is -1.09. The van der Waals surface area contributed by atoms with E-state index >= 15 is 0 Å². The first kappa shape index (κ1) is 16.4. The number of amides is 1. The van der Waals surface area contributed by atoms with E-state index in [2.05, 4.69) is 20.7 Å². The van der Waals surface area contributed by atoms with Crippen molar-refractivity contribution >= 4 is 28.1 Å². The van der Waals surface area contributed by atoms with E-state index in [0.29, 0.717) is 23.0 Å². The molecule has 1 aromatic heterocycles. The molecule has 1 unspecified atom stereocenters. The van der Waals surface area contributed by atoms with Crippen LogP contribution in [0.3, 0.4) is 0 Å². The summed E-state index contributed by atoms with van der Waals surface area (Å²) in [7, 11) is 1.60. The van der Waals surface area contributed by atoms with E-state index in [9.17, 15) is 4.79 Å². The molecular weight excluding hydrogens is 328 g/mol. The van der Waals surface area contributed by atoms with Crippen LogP contribution in [-0.2, 0) is 16.1 Å². The summed E-state index contributed by atoms with van der Waals surface area (Å²) in [6.07, 6.45) is 1.13. The van der Waals surface area contributed by atoms with Crippen LogP contribution in [0, 0.1) is 0 Å². The van der Waals surface area contributed by atoms with Gasteiger partial charge in [0.15, 0.2) is 0 Å². The average molecular weight is 346 g/mol. The van der Waals surface area contributed by atoms with Crippen LogP contribution in [0.25, 0.3) is 0 Å². The molecule has 0 spiro atoms. The van der Waals surface area contributed by atoms with Gasteiger partial charge in [0, 0.05) is 12.0 Å². The molecule has 0 radical (unpaired) electrons.